The highest BCUT2D eigenvalue weighted by atomic mass is 19.4. The van der Waals surface area contributed by atoms with E-state index < -0.39 is 49.6 Å². The lowest BCUT2D eigenvalue weighted by molar-refractivity contribution is -0.233. The van der Waals surface area contributed by atoms with Gasteiger partial charge in [0.15, 0.2) is 0 Å². The van der Waals surface area contributed by atoms with E-state index in [4.69, 9.17) is 5.11 Å². The number of aliphatic hydroxyl groups is 1. The minimum atomic E-state index is -4.66. The molecule has 0 unspecified atom stereocenters. The first-order valence-electron chi connectivity index (χ1n) is 4.42. The Morgan fingerprint density at radius 1 is 0.733 bits per heavy atom. The Kier molecular flexibility index (Phi) is 3.23. The van der Waals surface area contributed by atoms with E-state index in [2.05, 4.69) is 0 Å². The van der Waals surface area contributed by atoms with Gasteiger partial charge in [0.1, 0.15) is 0 Å². The van der Waals surface area contributed by atoms with Gasteiger partial charge in [-0.15, -0.1) is 0 Å². The van der Waals surface area contributed by atoms with E-state index in [1.54, 1.807) is 0 Å². The molecule has 0 amide bonds. The lowest BCUT2D eigenvalue weighted by Gasteiger charge is -2.34. The first-order valence-corrected chi connectivity index (χ1v) is 4.42. The monoisotopic (exact) mass is 236 g/mol. The van der Waals surface area contributed by atoms with Gasteiger partial charge in [-0.2, -0.15) is 26.3 Å². The van der Waals surface area contributed by atoms with Gasteiger partial charge in [-0.25, -0.2) is 0 Å². The molecule has 1 saturated carbocycles. The number of aliphatic hydroxyl groups excluding tert-OH is 1. The fourth-order valence-corrected chi connectivity index (χ4v) is 1.82. The molecule has 2 atom stereocenters. The third-order valence-corrected chi connectivity index (χ3v) is 2.61. The molecule has 0 spiro atoms. The Balaban J connectivity index is 2.73. The van der Waals surface area contributed by atoms with Gasteiger partial charge >= 0.3 is 12.4 Å². The molecule has 0 aromatic heterocycles. The highest BCUT2D eigenvalue weighted by molar-refractivity contribution is 4.85. The molecule has 0 radical (unpaired) electrons. The zero-order valence-electron chi connectivity index (χ0n) is 7.57. The van der Waals surface area contributed by atoms with Gasteiger partial charge < -0.3 is 5.11 Å². The Morgan fingerprint density at radius 2 is 1.07 bits per heavy atom. The molecule has 90 valence electrons. The maximum Gasteiger partial charge on any atom is 0.391 e. The minimum absolute atomic E-state index is 0.629. The quantitative estimate of drug-likeness (QED) is 0.641. The third-order valence-electron chi connectivity index (χ3n) is 2.61. The first kappa shape index (κ1) is 12.6. The van der Waals surface area contributed by atoms with Crippen molar-refractivity contribution in [1.29, 1.82) is 0 Å². The van der Waals surface area contributed by atoms with Crippen molar-refractivity contribution in [2.24, 2.45) is 11.8 Å². The summed E-state index contributed by atoms with van der Waals surface area (Å²) in [6.07, 6.45) is -13.1. The standard InChI is InChI=1S/C8H10F6O/c9-7(10,11)4-1-5(8(12,13)14)3-6(15)2-4/h4-6,15H,1-3H2/t4-,5-/m1/s1. The van der Waals surface area contributed by atoms with Gasteiger partial charge in [0.25, 0.3) is 0 Å². The topological polar surface area (TPSA) is 20.2 Å². The number of halogens is 6. The van der Waals surface area contributed by atoms with E-state index in [9.17, 15) is 26.3 Å². The summed E-state index contributed by atoms with van der Waals surface area (Å²) in [7, 11) is 0. The smallest absolute Gasteiger partial charge is 0.391 e. The fourth-order valence-electron chi connectivity index (χ4n) is 1.82. The van der Waals surface area contributed by atoms with E-state index in [1.807, 2.05) is 0 Å². The molecule has 0 bridgehead atoms. The van der Waals surface area contributed by atoms with Gasteiger partial charge in [0.05, 0.1) is 17.9 Å². The normalized spacial score (nSPS) is 34.2. The summed E-state index contributed by atoms with van der Waals surface area (Å²) in [6.45, 7) is 0. The maximum atomic E-state index is 12.2. The van der Waals surface area contributed by atoms with Crippen LogP contribution < -0.4 is 0 Å². The summed E-state index contributed by atoms with van der Waals surface area (Å²) >= 11 is 0. The Morgan fingerprint density at radius 3 is 1.33 bits per heavy atom. The van der Waals surface area contributed by atoms with Crippen molar-refractivity contribution in [2.75, 3.05) is 0 Å². The summed E-state index contributed by atoms with van der Waals surface area (Å²) in [6, 6.07) is 0. The van der Waals surface area contributed by atoms with Gasteiger partial charge in [-0.3, -0.25) is 0 Å². The number of hydrogen-bond acceptors (Lipinski definition) is 1. The van der Waals surface area contributed by atoms with Crippen LogP contribution in [-0.4, -0.2) is 23.6 Å². The lowest BCUT2D eigenvalue weighted by Crippen LogP contribution is -2.40. The van der Waals surface area contributed by atoms with Crippen LogP contribution in [0.5, 0.6) is 0 Å². The maximum absolute atomic E-state index is 12.2. The van der Waals surface area contributed by atoms with Crippen molar-refractivity contribution in [3.8, 4) is 0 Å². The van der Waals surface area contributed by atoms with Crippen molar-refractivity contribution in [2.45, 2.75) is 37.7 Å². The fraction of sp³-hybridized carbons (Fsp3) is 1.00. The van der Waals surface area contributed by atoms with Crippen molar-refractivity contribution >= 4 is 0 Å². The van der Waals surface area contributed by atoms with Gasteiger partial charge in [0, 0.05) is 0 Å². The number of rotatable bonds is 0. The van der Waals surface area contributed by atoms with Crippen molar-refractivity contribution in [3.63, 3.8) is 0 Å². The second-order valence-electron chi connectivity index (χ2n) is 3.84. The van der Waals surface area contributed by atoms with Crippen LogP contribution in [0, 0.1) is 11.8 Å². The highest BCUT2D eigenvalue weighted by Gasteiger charge is 2.51. The van der Waals surface area contributed by atoms with Crippen molar-refractivity contribution < 1.29 is 31.4 Å². The first-order chi connectivity index (χ1) is 6.60. The number of hydrogen-bond donors (Lipinski definition) is 1. The van der Waals surface area contributed by atoms with Crippen LogP contribution >= 0.6 is 0 Å². The molecular formula is C8H10F6O. The van der Waals surface area contributed by atoms with Gasteiger partial charge in [-0.05, 0) is 19.3 Å². The van der Waals surface area contributed by atoms with E-state index in [0.29, 0.717) is 0 Å². The molecule has 1 N–H and O–H groups in total. The predicted molar refractivity (Wildman–Crippen MR) is 38.9 cm³/mol. The van der Waals surface area contributed by atoms with Crippen LogP contribution in [0.3, 0.4) is 0 Å². The molecule has 0 saturated heterocycles. The summed E-state index contributed by atoms with van der Waals surface area (Å²) in [5.41, 5.74) is 0. The third kappa shape index (κ3) is 3.25. The van der Waals surface area contributed by atoms with E-state index in [-0.39, 0.29) is 0 Å². The highest BCUT2D eigenvalue weighted by Crippen LogP contribution is 2.45. The minimum Gasteiger partial charge on any atom is -0.393 e. The van der Waals surface area contributed by atoms with Crippen LogP contribution in [0.4, 0.5) is 26.3 Å². The molecule has 0 aliphatic heterocycles. The Hall–Kier alpha value is -0.460. The molecule has 1 nitrogen and oxygen atoms in total. The van der Waals surface area contributed by atoms with E-state index in [1.165, 1.54) is 0 Å². The largest absolute Gasteiger partial charge is 0.393 e. The Labute approximate surface area is 82.1 Å². The van der Waals surface area contributed by atoms with Crippen LogP contribution in [0.1, 0.15) is 19.3 Å². The lowest BCUT2D eigenvalue weighted by atomic mass is 9.79. The molecule has 1 aliphatic rings. The average Bonchev–Trinajstić information content (AvgIpc) is 1.99. The van der Waals surface area contributed by atoms with Crippen LogP contribution in [0.25, 0.3) is 0 Å². The van der Waals surface area contributed by atoms with Gasteiger partial charge in [0.2, 0.25) is 0 Å². The van der Waals surface area contributed by atoms with E-state index in [0.717, 1.165) is 0 Å². The molecule has 15 heavy (non-hydrogen) atoms. The Bertz CT molecular complexity index is 198. The molecule has 1 fully saturated rings. The summed E-state index contributed by atoms with van der Waals surface area (Å²) in [5, 5.41) is 8.98. The number of alkyl halides is 6. The molecule has 0 heterocycles. The molecule has 7 heteroatoms. The van der Waals surface area contributed by atoms with Crippen molar-refractivity contribution in [1.82, 2.24) is 0 Å². The summed E-state index contributed by atoms with van der Waals surface area (Å²) < 4.78 is 73.2. The molecule has 0 aromatic rings. The summed E-state index contributed by atoms with van der Waals surface area (Å²) in [4.78, 5) is 0. The zero-order valence-corrected chi connectivity index (χ0v) is 7.57. The van der Waals surface area contributed by atoms with Crippen molar-refractivity contribution in [3.05, 3.63) is 0 Å². The second-order valence-corrected chi connectivity index (χ2v) is 3.84. The SMILES string of the molecule is OC1C[C@H](C(F)(F)F)C[C@@H](C(F)(F)F)C1. The van der Waals surface area contributed by atoms with Crippen LogP contribution in [0.15, 0.2) is 0 Å². The molecular weight excluding hydrogens is 226 g/mol. The second kappa shape index (κ2) is 3.84. The molecule has 1 rings (SSSR count). The summed E-state index contributed by atoms with van der Waals surface area (Å²) in [5.74, 6) is -4.10. The van der Waals surface area contributed by atoms with E-state index >= 15 is 0 Å². The van der Waals surface area contributed by atoms with Crippen LogP contribution in [0.2, 0.25) is 0 Å². The molecule has 1 aliphatic carbocycles. The molecule has 0 aromatic carbocycles. The van der Waals surface area contributed by atoms with Gasteiger partial charge in [-0.1, -0.05) is 0 Å². The zero-order chi connectivity index (χ0) is 11.9. The average molecular weight is 236 g/mol. The van der Waals surface area contributed by atoms with Crippen LogP contribution in [-0.2, 0) is 0 Å². The predicted octanol–water partition coefficient (Wildman–Crippen LogP) is 2.89.